The van der Waals surface area contributed by atoms with E-state index in [-0.39, 0.29) is 39.9 Å². The average Bonchev–Trinajstić information content (AvgIpc) is 3.39. The van der Waals surface area contributed by atoms with E-state index in [9.17, 15) is 33.9 Å². The molecular formula is C58H64N4O14. The van der Waals surface area contributed by atoms with Gasteiger partial charge in [-0.1, -0.05) is 63.4 Å². The Bertz CT molecular complexity index is 2930. The van der Waals surface area contributed by atoms with Crippen molar-refractivity contribution >= 4 is 59.1 Å². The number of methoxy groups -OCH3 is 4. The van der Waals surface area contributed by atoms with Gasteiger partial charge in [0.25, 0.3) is 0 Å². The minimum Gasteiger partial charge on any atom is -0.497 e. The molecular weight excluding hydrogens is 977 g/mol. The smallest absolute Gasteiger partial charge is 0.338 e. The van der Waals surface area contributed by atoms with Crippen molar-refractivity contribution in [2.24, 2.45) is 11.5 Å². The molecule has 7 N–H and O–H groups in total. The lowest BCUT2D eigenvalue weighted by Gasteiger charge is -2.11. The number of primary amides is 2. The Kier molecular flexibility index (Phi) is 24.3. The number of aryl methyl sites for hydroxylation is 2. The Morgan fingerprint density at radius 2 is 0.789 bits per heavy atom. The first-order valence-corrected chi connectivity index (χ1v) is 22.8. The van der Waals surface area contributed by atoms with E-state index >= 15 is 0 Å². The van der Waals surface area contributed by atoms with E-state index < -0.39 is 35.8 Å². The van der Waals surface area contributed by atoms with Crippen LogP contribution < -0.4 is 50.5 Å². The quantitative estimate of drug-likeness (QED) is 0.0255. The van der Waals surface area contributed by atoms with Gasteiger partial charge in [0.2, 0.25) is 11.8 Å². The molecule has 0 aromatic heterocycles. The van der Waals surface area contributed by atoms with Gasteiger partial charge in [-0.3, -0.25) is 20.2 Å². The van der Waals surface area contributed by atoms with E-state index in [0.29, 0.717) is 81.1 Å². The summed E-state index contributed by atoms with van der Waals surface area (Å²) in [5.41, 5.74) is 14.6. The van der Waals surface area contributed by atoms with Crippen molar-refractivity contribution in [1.82, 2.24) is 10.6 Å². The lowest BCUT2D eigenvalue weighted by molar-refractivity contribution is -0.136. The van der Waals surface area contributed by atoms with Gasteiger partial charge in [-0.15, -0.1) is 0 Å². The molecule has 0 aliphatic heterocycles. The van der Waals surface area contributed by atoms with Gasteiger partial charge in [0.05, 0.1) is 46.2 Å². The standard InChI is InChI=1S/C29H30N2O7.C27H26N2O7.2CH4/c1-4-37-28(33)26(17-20-15-24(35-2)18-25(16-20)36-3)21-8-12-23(13-9-21)38-22-10-5-19(6-11-22)7-14-27(32)31-29(30)34;1-34-22-13-18(14-23(16-22)35-2)15-24(26(31)32)19-6-10-21(11-7-19)36-20-8-3-17(4-9-20)5-12-25(30)29-27(28)33;;/h5-6,8-13,15-18H,4,7,14H2,1-3H3,(H3,30,31,32,34);3-4,6-11,13-16H,5,12H2,1-2H3,(H,31,32)(H3,28,29,30,33);2*1H4/b26-17+;24-15+;;. The number of nitrogens with two attached hydrogens (primary N) is 2. The third-order valence-electron chi connectivity index (χ3n) is 10.6. The summed E-state index contributed by atoms with van der Waals surface area (Å²) in [6.07, 6.45) is 4.44. The molecule has 0 spiro atoms. The van der Waals surface area contributed by atoms with Crippen molar-refractivity contribution in [3.8, 4) is 46.0 Å². The number of esters is 1. The van der Waals surface area contributed by atoms with Gasteiger partial charge < -0.3 is 49.7 Å². The van der Waals surface area contributed by atoms with Gasteiger partial charge in [-0.25, -0.2) is 19.2 Å². The van der Waals surface area contributed by atoms with E-state index in [4.69, 9.17) is 44.6 Å². The largest absolute Gasteiger partial charge is 0.497 e. The first-order valence-electron chi connectivity index (χ1n) is 22.8. The maximum atomic E-state index is 12.8. The number of urea groups is 2. The molecule has 6 rings (SSSR count). The molecule has 0 unspecified atom stereocenters. The van der Waals surface area contributed by atoms with Crippen LogP contribution in [0.5, 0.6) is 46.0 Å². The van der Waals surface area contributed by atoms with Crippen molar-refractivity contribution in [1.29, 1.82) is 0 Å². The minimum absolute atomic E-state index is 0. The summed E-state index contributed by atoms with van der Waals surface area (Å²) in [7, 11) is 6.17. The van der Waals surface area contributed by atoms with Crippen LogP contribution >= 0.6 is 0 Å². The SMILES string of the molecule is C.C.CCOC(=O)/C(=C/c1cc(OC)cc(OC)c1)c1ccc(Oc2ccc(CCC(=O)NC(N)=O)cc2)cc1.COc1cc(/C=C(/C(=O)O)c2ccc(Oc3ccc(CCC(=O)NC(N)=O)cc3)cc2)cc(OC)c1. The van der Waals surface area contributed by atoms with E-state index in [1.807, 2.05) is 34.9 Å². The monoisotopic (exact) mass is 1040 g/mol. The molecule has 18 nitrogen and oxygen atoms in total. The van der Waals surface area contributed by atoms with Gasteiger partial charge in [-0.05, 0) is 138 Å². The molecule has 0 atom stereocenters. The number of hydrogen-bond donors (Lipinski definition) is 5. The van der Waals surface area contributed by atoms with Crippen LogP contribution in [0.25, 0.3) is 23.3 Å². The van der Waals surface area contributed by atoms with E-state index in [1.54, 1.807) is 142 Å². The Morgan fingerprint density at radius 1 is 0.474 bits per heavy atom. The van der Waals surface area contributed by atoms with Gasteiger partial charge in [0.1, 0.15) is 46.0 Å². The Labute approximate surface area is 442 Å². The third-order valence-corrected chi connectivity index (χ3v) is 10.6. The number of benzene rings is 6. The summed E-state index contributed by atoms with van der Waals surface area (Å²) in [6.45, 7) is 1.99. The molecule has 6 amide bonds. The van der Waals surface area contributed by atoms with Crippen LogP contribution in [0.4, 0.5) is 9.59 Å². The molecule has 400 valence electrons. The minimum atomic E-state index is -1.08. The number of nitrogens with one attached hydrogen (secondary N) is 2. The Balaban J connectivity index is 0.000000391. The molecule has 0 saturated heterocycles. The maximum Gasteiger partial charge on any atom is 0.338 e. The normalized spacial score (nSPS) is 10.6. The number of ether oxygens (including phenoxy) is 7. The number of aliphatic carboxylic acids is 1. The van der Waals surface area contributed by atoms with Crippen LogP contribution in [0.15, 0.2) is 133 Å². The number of carbonyl (C=O) groups is 6. The highest BCUT2D eigenvalue weighted by molar-refractivity contribution is 6.22. The highest BCUT2D eigenvalue weighted by atomic mass is 16.5. The lowest BCUT2D eigenvalue weighted by Crippen LogP contribution is -2.35. The van der Waals surface area contributed by atoms with Crippen molar-refractivity contribution < 1.29 is 67.0 Å². The topological polar surface area (TPSA) is 263 Å². The number of carboxylic acid groups (broad SMARTS) is 1. The van der Waals surface area contributed by atoms with Gasteiger partial charge >= 0.3 is 24.0 Å². The van der Waals surface area contributed by atoms with Crippen molar-refractivity contribution in [3.05, 3.63) is 167 Å². The van der Waals surface area contributed by atoms with Crippen molar-refractivity contribution in [3.63, 3.8) is 0 Å². The molecule has 0 radical (unpaired) electrons. The van der Waals surface area contributed by atoms with Crippen LogP contribution in [-0.2, 0) is 36.8 Å². The number of hydrogen-bond acceptors (Lipinski definition) is 13. The fourth-order valence-corrected chi connectivity index (χ4v) is 6.94. The zero-order valence-corrected chi connectivity index (χ0v) is 41.3. The van der Waals surface area contributed by atoms with Gasteiger partial charge in [-0.2, -0.15) is 0 Å². The van der Waals surface area contributed by atoms with E-state index in [0.717, 1.165) is 16.7 Å². The number of imide groups is 2. The van der Waals surface area contributed by atoms with Crippen LogP contribution in [0.3, 0.4) is 0 Å². The highest BCUT2D eigenvalue weighted by Gasteiger charge is 2.16. The summed E-state index contributed by atoms with van der Waals surface area (Å²) in [5, 5.41) is 13.8. The summed E-state index contributed by atoms with van der Waals surface area (Å²) in [5.74, 6) is 2.18. The average molecular weight is 1040 g/mol. The molecule has 6 aromatic rings. The molecule has 18 heteroatoms. The predicted molar refractivity (Wildman–Crippen MR) is 291 cm³/mol. The summed E-state index contributed by atoms with van der Waals surface area (Å²) >= 11 is 0. The molecule has 6 aromatic carbocycles. The lowest BCUT2D eigenvalue weighted by atomic mass is 10.0. The second-order valence-electron chi connectivity index (χ2n) is 15.8. The first-order chi connectivity index (χ1) is 35.6. The van der Waals surface area contributed by atoms with Crippen molar-refractivity contribution in [2.45, 2.75) is 47.5 Å². The molecule has 0 saturated carbocycles. The second kappa shape index (κ2) is 30.5. The molecule has 0 aliphatic carbocycles. The van der Waals surface area contributed by atoms with E-state index in [2.05, 4.69) is 0 Å². The van der Waals surface area contributed by atoms with Gasteiger partial charge in [0.15, 0.2) is 0 Å². The first kappa shape index (κ1) is 60.7. The molecule has 0 heterocycles. The number of carbonyl (C=O) groups excluding carboxylic acids is 5. The number of carboxylic acids is 1. The summed E-state index contributed by atoms with van der Waals surface area (Å²) in [6, 6.07) is 36.9. The predicted octanol–water partition coefficient (Wildman–Crippen LogP) is 10.2. The second-order valence-corrected chi connectivity index (χ2v) is 15.8. The van der Waals surface area contributed by atoms with Crippen LogP contribution in [-0.4, -0.2) is 76.0 Å². The van der Waals surface area contributed by atoms with Crippen LogP contribution in [0.1, 0.15) is 68.0 Å². The highest BCUT2D eigenvalue weighted by Crippen LogP contribution is 2.31. The molecule has 0 fully saturated rings. The number of amides is 6. The van der Waals surface area contributed by atoms with Gasteiger partial charge in [0, 0.05) is 25.0 Å². The third kappa shape index (κ3) is 19.4. The van der Waals surface area contributed by atoms with Crippen LogP contribution in [0.2, 0.25) is 0 Å². The zero-order valence-electron chi connectivity index (χ0n) is 41.3. The van der Waals surface area contributed by atoms with Crippen molar-refractivity contribution in [2.75, 3.05) is 35.0 Å². The van der Waals surface area contributed by atoms with E-state index in [1.165, 1.54) is 14.2 Å². The maximum absolute atomic E-state index is 12.8. The molecule has 0 bridgehead atoms. The Morgan fingerprint density at radius 3 is 1.09 bits per heavy atom. The fraction of sp³-hybridized carbons (Fsp3) is 0.207. The summed E-state index contributed by atoms with van der Waals surface area (Å²) < 4.78 is 38.2. The number of rotatable bonds is 21. The summed E-state index contributed by atoms with van der Waals surface area (Å²) in [4.78, 5) is 69.3. The molecule has 76 heavy (non-hydrogen) atoms. The fourth-order valence-electron chi connectivity index (χ4n) is 6.94. The van der Waals surface area contributed by atoms with Crippen LogP contribution in [0, 0.1) is 0 Å². The molecule has 0 aliphatic rings. The zero-order chi connectivity index (χ0) is 53.6. The Hall–Kier alpha value is -9.58.